The molecule has 0 N–H and O–H groups in total. The van der Waals surface area contributed by atoms with Crippen molar-refractivity contribution >= 4 is 11.9 Å². The van der Waals surface area contributed by atoms with Gasteiger partial charge in [0.2, 0.25) is 11.5 Å². The van der Waals surface area contributed by atoms with Crippen LogP contribution >= 0.6 is 0 Å². The van der Waals surface area contributed by atoms with Gasteiger partial charge in [-0.1, -0.05) is 12.1 Å². The maximum absolute atomic E-state index is 12.2. The average molecular weight is 316 g/mol. The van der Waals surface area contributed by atoms with Crippen LogP contribution in [0.5, 0.6) is 0 Å². The van der Waals surface area contributed by atoms with Gasteiger partial charge in [-0.05, 0) is 17.7 Å². The van der Waals surface area contributed by atoms with Gasteiger partial charge in [0, 0.05) is 13.8 Å². The summed E-state index contributed by atoms with van der Waals surface area (Å²) in [5.74, 6) is -2.50. The monoisotopic (exact) mass is 316 g/mol. The first-order valence-corrected chi connectivity index (χ1v) is 6.83. The van der Waals surface area contributed by atoms with E-state index in [4.69, 9.17) is 19.6 Å². The van der Waals surface area contributed by atoms with Gasteiger partial charge in [-0.3, -0.25) is 9.63 Å². The van der Waals surface area contributed by atoms with Crippen LogP contribution in [-0.4, -0.2) is 29.8 Å². The molecule has 2 rings (SSSR count). The lowest BCUT2D eigenvalue weighted by molar-refractivity contribution is -0.173. The van der Waals surface area contributed by atoms with E-state index in [-0.39, 0.29) is 12.3 Å². The van der Waals surface area contributed by atoms with E-state index in [0.29, 0.717) is 5.56 Å². The summed E-state index contributed by atoms with van der Waals surface area (Å²) in [6.07, 6.45) is 1.03. The van der Waals surface area contributed by atoms with Crippen molar-refractivity contribution in [3.8, 4) is 6.07 Å². The second-order valence-electron chi connectivity index (χ2n) is 5.27. The molecule has 1 amide bonds. The Morgan fingerprint density at radius 1 is 1.35 bits per heavy atom. The molecule has 0 unspecified atom stereocenters. The van der Waals surface area contributed by atoms with E-state index in [2.05, 4.69) is 0 Å². The highest BCUT2D eigenvalue weighted by atomic mass is 16.8. The first-order valence-electron chi connectivity index (χ1n) is 6.83. The molecule has 1 aromatic carbocycles. The van der Waals surface area contributed by atoms with Crippen molar-refractivity contribution in [1.82, 2.24) is 5.06 Å². The Bertz CT molecular complexity index is 685. The number of rotatable bonds is 4. The number of nitrogens with zero attached hydrogens (tertiary/aromatic N) is 2. The van der Waals surface area contributed by atoms with Gasteiger partial charge < -0.3 is 9.47 Å². The van der Waals surface area contributed by atoms with Crippen molar-refractivity contribution in [3.63, 3.8) is 0 Å². The van der Waals surface area contributed by atoms with E-state index in [1.807, 2.05) is 6.07 Å². The fourth-order valence-corrected chi connectivity index (χ4v) is 1.96. The Hall–Kier alpha value is -2.85. The Morgan fingerprint density at radius 3 is 2.48 bits per heavy atom. The van der Waals surface area contributed by atoms with Gasteiger partial charge in [-0.25, -0.2) is 9.86 Å². The molecule has 1 aromatic rings. The Balaban J connectivity index is 2.09. The molecule has 0 aliphatic carbocycles. The van der Waals surface area contributed by atoms with Crippen LogP contribution < -0.4 is 0 Å². The van der Waals surface area contributed by atoms with E-state index in [1.54, 1.807) is 38.1 Å². The Morgan fingerprint density at radius 2 is 2.00 bits per heavy atom. The lowest BCUT2D eigenvalue weighted by atomic mass is 10.1. The highest BCUT2D eigenvalue weighted by Gasteiger charge is 2.38. The van der Waals surface area contributed by atoms with Crippen LogP contribution in [0.1, 0.15) is 25.0 Å². The van der Waals surface area contributed by atoms with Crippen molar-refractivity contribution in [2.45, 2.75) is 26.2 Å². The second kappa shape index (κ2) is 6.50. The third-order valence-electron chi connectivity index (χ3n) is 3.03. The number of hydrogen-bond donors (Lipinski definition) is 0. The molecule has 0 spiro atoms. The summed E-state index contributed by atoms with van der Waals surface area (Å²) in [6, 6.07) is 8.74. The molecule has 0 bridgehead atoms. The predicted molar refractivity (Wildman–Crippen MR) is 78.1 cm³/mol. The van der Waals surface area contributed by atoms with Gasteiger partial charge in [0.05, 0.1) is 31.4 Å². The molecular weight excluding hydrogens is 300 g/mol. The minimum Gasteiger partial charge on any atom is -0.445 e. The minimum absolute atomic E-state index is 0.156. The molecule has 120 valence electrons. The van der Waals surface area contributed by atoms with E-state index in [9.17, 15) is 9.59 Å². The molecular formula is C16H16N2O5. The SMILES string of the molecule is CON(Cc1ccc(C#N)cc1)C(=O)C=C1OC(C)(C)OC1=O. The summed E-state index contributed by atoms with van der Waals surface area (Å²) in [6.45, 7) is 3.30. The number of benzene rings is 1. The number of ether oxygens (including phenoxy) is 2. The fourth-order valence-electron chi connectivity index (χ4n) is 1.96. The number of carbonyl (C=O) groups is 2. The summed E-state index contributed by atoms with van der Waals surface area (Å²) in [4.78, 5) is 28.8. The lowest BCUT2D eigenvalue weighted by Gasteiger charge is -2.18. The zero-order valence-electron chi connectivity index (χ0n) is 13.0. The van der Waals surface area contributed by atoms with Crippen molar-refractivity contribution in [2.75, 3.05) is 7.11 Å². The number of amides is 1. The van der Waals surface area contributed by atoms with E-state index < -0.39 is 17.7 Å². The van der Waals surface area contributed by atoms with Crippen LogP contribution in [0, 0.1) is 11.3 Å². The number of carbonyl (C=O) groups excluding carboxylic acids is 2. The van der Waals surface area contributed by atoms with Crippen LogP contribution in [0.25, 0.3) is 0 Å². The Kier molecular flexibility index (Phi) is 4.67. The molecule has 1 aliphatic rings. The summed E-state index contributed by atoms with van der Waals surface area (Å²) >= 11 is 0. The first kappa shape index (κ1) is 16.5. The number of hydrogen-bond acceptors (Lipinski definition) is 6. The quantitative estimate of drug-likeness (QED) is 0.476. The second-order valence-corrected chi connectivity index (χ2v) is 5.27. The van der Waals surface area contributed by atoms with Crippen LogP contribution in [-0.2, 0) is 30.4 Å². The summed E-state index contributed by atoms with van der Waals surface area (Å²) in [7, 11) is 1.35. The zero-order valence-corrected chi connectivity index (χ0v) is 13.0. The third-order valence-corrected chi connectivity index (χ3v) is 3.03. The minimum atomic E-state index is -1.09. The van der Waals surface area contributed by atoms with E-state index in [1.165, 1.54) is 7.11 Å². The molecule has 7 nitrogen and oxygen atoms in total. The van der Waals surface area contributed by atoms with Gasteiger partial charge in [0.25, 0.3) is 5.91 Å². The number of cyclic esters (lactones) is 1. The number of hydroxylamine groups is 2. The summed E-state index contributed by atoms with van der Waals surface area (Å²) < 4.78 is 10.2. The van der Waals surface area contributed by atoms with Crippen molar-refractivity contribution < 1.29 is 23.9 Å². The Labute approximate surface area is 133 Å². The van der Waals surface area contributed by atoms with E-state index >= 15 is 0 Å². The molecule has 1 saturated heterocycles. The van der Waals surface area contributed by atoms with Gasteiger partial charge in [0.1, 0.15) is 0 Å². The van der Waals surface area contributed by atoms with Crippen LogP contribution in [0.4, 0.5) is 0 Å². The van der Waals surface area contributed by atoms with Crippen molar-refractivity contribution in [2.24, 2.45) is 0 Å². The predicted octanol–water partition coefficient (Wildman–Crippen LogP) is 1.64. The molecule has 1 heterocycles. The average Bonchev–Trinajstić information content (AvgIpc) is 2.77. The highest BCUT2D eigenvalue weighted by Crippen LogP contribution is 2.26. The molecule has 1 aliphatic heterocycles. The molecule has 0 radical (unpaired) electrons. The third kappa shape index (κ3) is 4.08. The van der Waals surface area contributed by atoms with Crippen LogP contribution in [0.3, 0.4) is 0 Å². The van der Waals surface area contributed by atoms with Crippen LogP contribution in [0.2, 0.25) is 0 Å². The fraction of sp³-hybridized carbons (Fsp3) is 0.312. The number of nitriles is 1. The smallest absolute Gasteiger partial charge is 0.377 e. The first-order chi connectivity index (χ1) is 10.8. The molecule has 0 atom stereocenters. The summed E-state index contributed by atoms with van der Waals surface area (Å²) in [5, 5.41) is 9.83. The summed E-state index contributed by atoms with van der Waals surface area (Å²) in [5.41, 5.74) is 1.29. The largest absolute Gasteiger partial charge is 0.445 e. The highest BCUT2D eigenvalue weighted by molar-refractivity contribution is 5.97. The van der Waals surface area contributed by atoms with Gasteiger partial charge >= 0.3 is 5.97 Å². The molecule has 0 aromatic heterocycles. The topological polar surface area (TPSA) is 88.9 Å². The maximum atomic E-state index is 12.2. The molecule has 7 heteroatoms. The maximum Gasteiger partial charge on any atom is 0.377 e. The van der Waals surface area contributed by atoms with Crippen molar-refractivity contribution in [1.29, 1.82) is 5.26 Å². The normalized spacial score (nSPS) is 17.3. The lowest BCUT2D eigenvalue weighted by Crippen LogP contribution is -2.28. The molecule has 0 saturated carbocycles. The van der Waals surface area contributed by atoms with Crippen molar-refractivity contribution in [3.05, 3.63) is 47.2 Å². The number of esters is 1. The standard InChI is InChI=1S/C16H16N2O5/c1-16(2)22-13(15(20)23-16)8-14(19)18(21-3)10-12-6-4-11(9-17)5-7-12/h4-8H,10H2,1-3H3. The van der Waals surface area contributed by atoms with Gasteiger partial charge in [-0.15, -0.1) is 0 Å². The molecule has 1 fully saturated rings. The zero-order chi connectivity index (χ0) is 17.0. The van der Waals surface area contributed by atoms with E-state index in [0.717, 1.165) is 16.7 Å². The van der Waals surface area contributed by atoms with Gasteiger partial charge in [-0.2, -0.15) is 5.26 Å². The molecule has 23 heavy (non-hydrogen) atoms. The van der Waals surface area contributed by atoms with Crippen LogP contribution in [0.15, 0.2) is 36.1 Å². The van der Waals surface area contributed by atoms with Gasteiger partial charge in [0.15, 0.2) is 0 Å².